The van der Waals surface area contributed by atoms with Crippen molar-refractivity contribution < 1.29 is 14.3 Å². The minimum absolute atomic E-state index is 0.202. The van der Waals surface area contributed by atoms with Gasteiger partial charge in [0.15, 0.2) is 0 Å². The van der Waals surface area contributed by atoms with Gasteiger partial charge < -0.3 is 4.74 Å². The monoisotopic (exact) mass is 470 g/mol. The van der Waals surface area contributed by atoms with Gasteiger partial charge >= 0.3 is 0 Å². The van der Waals surface area contributed by atoms with E-state index in [0.717, 1.165) is 21.8 Å². The number of ether oxygens (including phenoxy) is 1. The molecule has 29 heavy (non-hydrogen) atoms. The molecule has 0 spiro atoms. The zero-order valence-electron chi connectivity index (χ0n) is 16.0. The van der Waals surface area contributed by atoms with E-state index in [0.29, 0.717) is 28.3 Å². The maximum Gasteiger partial charge on any atom is 0.293 e. The predicted molar refractivity (Wildman–Crippen MR) is 117 cm³/mol. The van der Waals surface area contributed by atoms with Crippen LogP contribution in [-0.2, 0) is 11.4 Å². The Morgan fingerprint density at radius 3 is 2.72 bits per heavy atom. The Kier molecular flexibility index (Phi) is 6.78. The molecule has 3 rings (SSSR count). The van der Waals surface area contributed by atoms with E-state index in [4.69, 9.17) is 4.74 Å². The first-order valence-corrected chi connectivity index (χ1v) is 10.7. The molecular weight excluding hydrogens is 452 g/mol. The van der Waals surface area contributed by atoms with Crippen LogP contribution in [0.4, 0.5) is 4.79 Å². The van der Waals surface area contributed by atoms with E-state index in [1.165, 1.54) is 4.90 Å². The molecular formula is C22H19BrN2O3S. The first-order chi connectivity index (χ1) is 13.9. The summed E-state index contributed by atoms with van der Waals surface area (Å²) in [4.78, 5) is 26.5. The molecule has 1 aliphatic rings. The molecule has 0 radical (unpaired) electrons. The SMILES string of the molecule is CC(C)CN1C(=O)SC(=Cc2cc(Br)ccc2OCc2ccccc2C#N)C1=O. The molecule has 0 aliphatic carbocycles. The standard InChI is InChI=1S/C22H19BrN2O3S/c1-14(2)12-25-21(26)20(29-22(25)27)10-17-9-18(23)7-8-19(17)28-13-16-6-4-3-5-15(16)11-24/h3-10,14H,12-13H2,1-2H3. The van der Waals surface area contributed by atoms with Crippen LogP contribution in [0.1, 0.15) is 30.5 Å². The molecule has 2 amide bonds. The summed E-state index contributed by atoms with van der Waals surface area (Å²) < 4.78 is 6.78. The topological polar surface area (TPSA) is 70.4 Å². The number of rotatable bonds is 6. The highest BCUT2D eigenvalue weighted by Gasteiger charge is 2.35. The number of imide groups is 1. The van der Waals surface area contributed by atoms with Gasteiger partial charge in [-0.15, -0.1) is 0 Å². The molecule has 0 aromatic heterocycles. The fourth-order valence-electron chi connectivity index (χ4n) is 2.84. The average Bonchev–Trinajstić information content (AvgIpc) is 2.94. The van der Waals surface area contributed by atoms with Gasteiger partial charge in [0.25, 0.3) is 11.1 Å². The van der Waals surface area contributed by atoms with Gasteiger partial charge in [-0.3, -0.25) is 14.5 Å². The van der Waals surface area contributed by atoms with Crippen molar-refractivity contribution in [3.63, 3.8) is 0 Å². The van der Waals surface area contributed by atoms with Crippen molar-refractivity contribution in [1.82, 2.24) is 4.90 Å². The number of carbonyl (C=O) groups excluding carboxylic acids is 2. The van der Waals surface area contributed by atoms with E-state index >= 15 is 0 Å². The highest BCUT2D eigenvalue weighted by molar-refractivity contribution is 9.10. The third-order valence-electron chi connectivity index (χ3n) is 4.20. The Morgan fingerprint density at radius 2 is 2.00 bits per heavy atom. The maximum atomic E-state index is 12.6. The third-order valence-corrected chi connectivity index (χ3v) is 5.60. The van der Waals surface area contributed by atoms with Crippen molar-refractivity contribution >= 4 is 44.9 Å². The Labute approximate surface area is 182 Å². The van der Waals surface area contributed by atoms with Crippen LogP contribution in [0.25, 0.3) is 6.08 Å². The Balaban J connectivity index is 1.86. The summed E-state index contributed by atoms with van der Waals surface area (Å²) in [6.07, 6.45) is 1.68. The molecule has 1 saturated heterocycles. The van der Waals surface area contributed by atoms with Crippen molar-refractivity contribution in [3.8, 4) is 11.8 Å². The van der Waals surface area contributed by atoms with Crippen molar-refractivity contribution in [1.29, 1.82) is 5.26 Å². The lowest BCUT2D eigenvalue weighted by molar-refractivity contribution is -0.123. The highest BCUT2D eigenvalue weighted by atomic mass is 79.9. The summed E-state index contributed by atoms with van der Waals surface area (Å²) >= 11 is 4.38. The summed E-state index contributed by atoms with van der Waals surface area (Å²) in [6.45, 7) is 4.55. The number of hydrogen-bond donors (Lipinski definition) is 0. The number of thioether (sulfide) groups is 1. The van der Waals surface area contributed by atoms with Gasteiger partial charge in [-0.05, 0) is 48.0 Å². The maximum absolute atomic E-state index is 12.6. The predicted octanol–water partition coefficient (Wildman–Crippen LogP) is 5.59. The quantitative estimate of drug-likeness (QED) is 0.514. The van der Waals surface area contributed by atoms with Gasteiger partial charge in [-0.2, -0.15) is 5.26 Å². The van der Waals surface area contributed by atoms with E-state index < -0.39 is 0 Å². The summed E-state index contributed by atoms with van der Waals surface area (Å²) in [5, 5.41) is 8.99. The fourth-order valence-corrected chi connectivity index (χ4v) is 4.06. The second-order valence-corrected chi connectivity index (χ2v) is 8.83. The van der Waals surface area contributed by atoms with Crippen molar-refractivity contribution in [2.45, 2.75) is 20.5 Å². The van der Waals surface area contributed by atoms with Crippen LogP contribution in [0.2, 0.25) is 0 Å². The number of nitrogens with zero attached hydrogens (tertiary/aromatic N) is 2. The molecule has 0 atom stereocenters. The zero-order chi connectivity index (χ0) is 21.0. The van der Waals surface area contributed by atoms with Crippen LogP contribution in [0.15, 0.2) is 51.8 Å². The second kappa shape index (κ2) is 9.29. The van der Waals surface area contributed by atoms with Gasteiger partial charge in [-0.1, -0.05) is 48.0 Å². The van der Waals surface area contributed by atoms with Crippen LogP contribution in [0.3, 0.4) is 0 Å². The van der Waals surface area contributed by atoms with Gasteiger partial charge in [0.2, 0.25) is 0 Å². The van der Waals surface area contributed by atoms with Gasteiger partial charge in [0.1, 0.15) is 12.4 Å². The molecule has 2 aromatic carbocycles. The number of amides is 2. The van der Waals surface area contributed by atoms with Gasteiger partial charge in [0.05, 0.1) is 16.5 Å². The average molecular weight is 471 g/mol. The molecule has 0 N–H and O–H groups in total. The Bertz CT molecular complexity index is 1030. The Morgan fingerprint density at radius 1 is 1.24 bits per heavy atom. The smallest absolute Gasteiger partial charge is 0.293 e. The van der Waals surface area contributed by atoms with Crippen LogP contribution >= 0.6 is 27.7 Å². The van der Waals surface area contributed by atoms with Crippen LogP contribution < -0.4 is 4.74 Å². The summed E-state index contributed by atoms with van der Waals surface area (Å²) in [5.41, 5.74) is 2.02. The number of benzene rings is 2. The number of hydrogen-bond acceptors (Lipinski definition) is 5. The first-order valence-electron chi connectivity index (χ1n) is 9.04. The van der Waals surface area contributed by atoms with E-state index in [-0.39, 0.29) is 23.7 Å². The van der Waals surface area contributed by atoms with Crippen molar-refractivity contribution in [2.24, 2.45) is 5.92 Å². The summed E-state index contributed by atoms with van der Waals surface area (Å²) in [6, 6.07) is 14.9. The zero-order valence-corrected chi connectivity index (χ0v) is 18.4. The van der Waals surface area contributed by atoms with Gasteiger partial charge in [-0.25, -0.2) is 0 Å². The largest absolute Gasteiger partial charge is 0.488 e. The Hall–Kier alpha value is -2.56. The van der Waals surface area contributed by atoms with E-state index in [1.54, 1.807) is 24.3 Å². The lowest BCUT2D eigenvalue weighted by atomic mass is 10.1. The fraction of sp³-hybridized carbons (Fsp3) is 0.227. The normalized spacial score (nSPS) is 15.3. The lowest BCUT2D eigenvalue weighted by Crippen LogP contribution is -2.31. The number of halogens is 1. The minimum Gasteiger partial charge on any atom is -0.488 e. The van der Waals surface area contributed by atoms with Crippen molar-refractivity contribution in [2.75, 3.05) is 6.54 Å². The molecule has 1 fully saturated rings. The van der Waals surface area contributed by atoms with Crippen LogP contribution in [0, 0.1) is 17.2 Å². The molecule has 1 heterocycles. The van der Waals surface area contributed by atoms with Crippen LogP contribution in [-0.4, -0.2) is 22.6 Å². The highest BCUT2D eigenvalue weighted by Crippen LogP contribution is 2.35. The third kappa shape index (κ3) is 5.08. The number of nitriles is 1. The molecule has 1 aliphatic heterocycles. The number of carbonyl (C=O) groups is 2. The molecule has 5 nitrogen and oxygen atoms in total. The van der Waals surface area contributed by atoms with E-state index in [2.05, 4.69) is 22.0 Å². The second-order valence-electron chi connectivity index (χ2n) is 6.93. The van der Waals surface area contributed by atoms with E-state index in [1.807, 2.05) is 38.1 Å². The van der Waals surface area contributed by atoms with E-state index in [9.17, 15) is 14.9 Å². The summed E-state index contributed by atoms with van der Waals surface area (Å²) in [7, 11) is 0. The molecule has 0 saturated carbocycles. The van der Waals surface area contributed by atoms with Crippen molar-refractivity contribution in [3.05, 3.63) is 68.5 Å². The molecule has 2 aromatic rings. The van der Waals surface area contributed by atoms with Gasteiger partial charge in [0, 0.05) is 22.1 Å². The first kappa shape index (κ1) is 21.2. The molecule has 148 valence electrons. The molecule has 0 bridgehead atoms. The lowest BCUT2D eigenvalue weighted by Gasteiger charge is -2.14. The van der Waals surface area contributed by atoms with Crippen LogP contribution in [0.5, 0.6) is 5.75 Å². The molecule has 0 unspecified atom stereocenters. The minimum atomic E-state index is -0.283. The molecule has 7 heteroatoms. The summed E-state index contributed by atoms with van der Waals surface area (Å²) in [5.74, 6) is 0.485.